The molecular weight excluding hydrogens is 372 g/mol. The quantitative estimate of drug-likeness (QED) is 0.687. The van der Waals surface area contributed by atoms with Crippen molar-refractivity contribution in [2.45, 2.75) is 38.1 Å². The number of nitrogens with one attached hydrogen (secondary N) is 2. The summed E-state index contributed by atoms with van der Waals surface area (Å²) >= 11 is 0. The van der Waals surface area contributed by atoms with Gasteiger partial charge in [-0.1, -0.05) is 12.1 Å². The van der Waals surface area contributed by atoms with Crippen molar-refractivity contribution in [2.75, 3.05) is 32.8 Å². The van der Waals surface area contributed by atoms with Crippen LogP contribution in [0.25, 0.3) is 0 Å². The molecular formula is C21H26N4O4. The van der Waals surface area contributed by atoms with Gasteiger partial charge in [0.2, 0.25) is 11.8 Å². The van der Waals surface area contributed by atoms with Crippen molar-refractivity contribution in [2.24, 2.45) is 5.92 Å². The lowest BCUT2D eigenvalue weighted by atomic mass is 9.92. The molecule has 3 amide bonds. The zero-order valence-corrected chi connectivity index (χ0v) is 16.4. The first-order valence-corrected chi connectivity index (χ1v) is 10.4. The van der Waals surface area contributed by atoms with Gasteiger partial charge in [-0.3, -0.25) is 24.6 Å². The number of carbonyl (C=O) groups is 3. The van der Waals surface area contributed by atoms with Gasteiger partial charge in [-0.25, -0.2) is 0 Å². The van der Waals surface area contributed by atoms with E-state index in [1.807, 2.05) is 12.1 Å². The summed E-state index contributed by atoms with van der Waals surface area (Å²) in [6.07, 6.45) is 0.988. The number of hydrogen-bond donors (Lipinski definition) is 2. The van der Waals surface area contributed by atoms with Gasteiger partial charge in [0.25, 0.3) is 5.91 Å². The zero-order chi connectivity index (χ0) is 20.0. The first-order valence-electron chi connectivity index (χ1n) is 10.4. The van der Waals surface area contributed by atoms with E-state index in [2.05, 4.69) is 21.6 Å². The Morgan fingerprint density at radius 2 is 2.03 bits per heavy atom. The van der Waals surface area contributed by atoms with Crippen LogP contribution in [-0.2, 0) is 27.4 Å². The third kappa shape index (κ3) is 3.56. The molecule has 0 spiro atoms. The summed E-state index contributed by atoms with van der Waals surface area (Å²) in [7, 11) is 0. The maximum absolute atomic E-state index is 12.8. The molecule has 2 unspecified atom stereocenters. The van der Waals surface area contributed by atoms with E-state index in [0.717, 1.165) is 44.9 Å². The highest BCUT2D eigenvalue weighted by molar-refractivity contribution is 6.05. The second-order valence-corrected chi connectivity index (χ2v) is 8.46. The molecule has 8 nitrogen and oxygen atoms in total. The number of hydrogen-bond acceptors (Lipinski definition) is 6. The number of amides is 3. The predicted octanol–water partition coefficient (Wildman–Crippen LogP) is -0.132. The van der Waals surface area contributed by atoms with Crippen LogP contribution in [0.15, 0.2) is 18.2 Å². The van der Waals surface area contributed by atoms with E-state index in [1.54, 1.807) is 4.90 Å². The third-order valence-electron chi connectivity index (χ3n) is 6.46. The third-order valence-corrected chi connectivity index (χ3v) is 6.46. The molecule has 2 atom stereocenters. The Kier molecular flexibility index (Phi) is 4.85. The second-order valence-electron chi connectivity index (χ2n) is 8.46. The highest BCUT2D eigenvalue weighted by Crippen LogP contribution is 2.30. The van der Waals surface area contributed by atoms with Crippen molar-refractivity contribution < 1.29 is 19.1 Å². The number of benzene rings is 1. The molecule has 154 valence electrons. The lowest BCUT2D eigenvalue weighted by molar-refractivity contribution is -0.136. The number of piperidine rings is 1. The van der Waals surface area contributed by atoms with Crippen LogP contribution in [0.4, 0.5) is 0 Å². The van der Waals surface area contributed by atoms with Crippen LogP contribution in [0, 0.1) is 5.92 Å². The molecule has 8 heteroatoms. The fourth-order valence-electron chi connectivity index (χ4n) is 4.85. The number of nitrogens with zero attached hydrogens (tertiary/aromatic N) is 2. The van der Waals surface area contributed by atoms with Gasteiger partial charge in [-0.05, 0) is 23.6 Å². The number of rotatable bonds is 4. The van der Waals surface area contributed by atoms with E-state index in [0.29, 0.717) is 30.6 Å². The molecule has 0 aliphatic carbocycles. The summed E-state index contributed by atoms with van der Waals surface area (Å²) in [6.45, 7) is 6.03. The topological polar surface area (TPSA) is 91.0 Å². The summed E-state index contributed by atoms with van der Waals surface area (Å²) in [5.41, 5.74) is 2.82. The van der Waals surface area contributed by atoms with Crippen molar-refractivity contribution >= 4 is 17.7 Å². The summed E-state index contributed by atoms with van der Waals surface area (Å²) < 4.78 is 5.85. The Hall–Kier alpha value is -2.29. The monoisotopic (exact) mass is 398 g/mol. The minimum atomic E-state index is -0.559. The Bertz CT molecular complexity index is 845. The first kappa shape index (κ1) is 18.7. The molecule has 1 aromatic carbocycles. The Morgan fingerprint density at radius 3 is 2.79 bits per heavy atom. The van der Waals surface area contributed by atoms with Crippen molar-refractivity contribution in [1.29, 1.82) is 0 Å². The summed E-state index contributed by atoms with van der Waals surface area (Å²) in [5.74, 6) is -0.164. The molecule has 0 saturated carbocycles. The average molecular weight is 398 g/mol. The predicted molar refractivity (Wildman–Crippen MR) is 104 cm³/mol. The van der Waals surface area contributed by atoms with Gasteiger partial charge in [0.05, 0.1) is 12.7 Å². The molecule has 4 aliphatic heterocycles. The summed E-state index contributed by atoms with van der Waals surface area (Å²) in [6, 6.07) is 5.42. The van der Waals surface area contributed by atoms with Crippen LogP contribution in [-0.4, -0.2) is 72.5 Å². The van der Waals surface area contributed by atoms with Gasteiger partial charge in [-0.15, -0.1) is 0 Å². The van der Waals surface area contributed by atoms with Crippen molar-refractivity contribution in [1.82, 2.24) is 20.4 Å². The van der Waals surface area contributed by atoms with Crippen LogP contribution in [0.2, 0.25) is 0 Å². The van der Waals surface area contributed by atoms with Crippen LogP contribution in [0.3, 0.4) is 0 Å². The Balaban J connectivity index is 1.20. The Labute approximate surface area is 169 Å². The first-order chi connectivity index (χ1) is 14.1. The summed E-state index contributed by atoms with van der Waals surface area (Å²) in [5, 5.41) is 5.73. The van der Waals surface area contributed by atoms with E-state index in [9.17, 15) is 14.4 Å². The molecule has 0 aromatic heterocycles. The Morgan fingerprint density at radius 1 is 1.17 bits per heavy atom. The van der Waals surface area contributed by atoms with E-state index >= 15 is 0 Å². The molecule has 0 bridgehead atoms. The minimum Gasteiger partial charge on any atom is -0.375 e. The molecule has 2 N–H and O–H groups in total. The number of fused-ring (bicyclic) bond motifs is 1. The zero-order valence-electron chi connectivity index (χ0n) is 16.4. The van der Waals surface area contributed by atoms with Crippen LogP contribution >= 0.6 is 0 Å². The lowest BCUT2D eigenvalue weighted by Crippen LogP contribution is -2.56. The van der Waals surface area contributed by atoms with E-state index in [1.165, 1.54) is 5.56 Å². The molecule has 0 radical (unpaired) electrons. The molecule has 1 aromatic rings. The minimum absolute atomic E-state index is 0.119. The number of imide groups is 1. The van der Waals surface area contributed by atoms with Gasteiger partial charge in [0.1, 0.15) is 6.04 Å². The maximum Gasteiger partial charge on any atom is 0.255 e. The smallest absolute Gasteiger partial charge is 0.255 e. The normalized spacial score (nSPS) is 28.3. The lowest BCUT2D eigenvalue weighted by Gasteiger charge is -2.44. The molecule has 3 saturated heterocycles. The number of ether oxygens (including phenoxy) is 1. The molecule has 3 fully saturated rings. The molecule has 4 aliphatic rings. The average Bonchev–Trinajstić information content (AvgIpc) is 3.01. The van der Waals surface area contributed by atoms with Gasteiger partial charge in [0, 0.05) is 57.2 Å². The number of morpholine rings is 1. The highest BCUT2D eigenvalue weighted by Gasteiger charge is 2.39. The van der Waals surface area contributed by atoms with Crippen LogP contribution < -0.4 is 10.6 Å². The van der Waals surface area contributed by atoms with Gasteiger partial charge >= 0.3 is 0 Å². The molecule has 29 heavy (non-hydrogen) atoms. The fourth-order valence-corrected chi connectivity index (χ4v) is 4.85. The molecule has 4 heterocycles. The van der Waals surface area contributed by atoms with Crippen LogP contribution in [0.5, 0.6) is 0 Å². The number of carbonyl (C=O) groups excluding carboxylic acids is 3. The highest BCUT2D eigenvalue weighted by atomic mass is 16.5. The van der Waals surface area contributed by atoms with Gasteiger partial charge in [-0.2, -0.15) is 0 Å². The van der Waals surface area contributed by atoms with Gasteiger partial charge < -0.3 is 15.0 Å². The second kappa shape index (κ2) is 7.51. The fraction of sp³-hybridized carbons (Fsp3) is 0.571. The van der Waals surface area contributed by atoms with Crippen molar-refractivity contribution in [3.05, 3.63) is 34.9 Å². The van der Waals surface area contributed by atoms with Crippen LogP contribution in [0.1, 0.15) is 34.3 Å². The standard InChI is InChI=1S/C21H26N4O4/c26-19-4-3-17(20(27)23-19)25-12-14-7-13(1-2-16(14)21(25)28)9-24-10-15(11-24)18-8-22-5-6-29-18/h1-2,7,15,17-18,22H,3-6,8-12H2,(H,23,26,27). The SMILES string of the molecule is O=C1CCC(N2Cc3cc(CN4CC(C5CNCCO5)C4)ccc3C2=O)C(=O)N1. The molecule has 5 rings (SSSR count). The number of likely N-dealkylation sites (tertiary alicyclic amines) is 1. The summed E-state index contributed by atoms with van der Waals surface area (Å²) in [4.78, 5) is 40.3. The van der Waals surface area contributed by atoms with E-state index < -0.39 is 6.04 Å². The van der Waals surface area contributed by atoms with Crippen molar-refractivity contribution in [3.63, 3.8) is 0 Å². The van der Waals surface area contributed by atoms with E-state index in [-0.39, 0.29) is 24.1 Å². The largest absolute Gasteiger partial charge is 0.375 e. The van der Waals surface area contributed by atoms with Gasteiger partial charge in [0.15, 0.2) is 0 Å². The van der Waals surface area contributed by atoms with E-state index in [4.69, 9.17) is 4.74 Å². The maximum atomic E-state index is 12.8. The van der Waals surface area contributed by atoms with Crippen molar-refractivity contribution in [3.8, 4) is 0 Å².